The molecule has 0 amide bonds. The molecule has 0 aliphatic rings. The molecule has 58 heavy (non-hydrogen) atoms. The summed E-state index contributed by atoms with van der Waals surface area (Å²) < 4.78 is 0. The minimum absolute atomic E-state index is 0.701. The van der Waals surface area contributed by atoms with E-state index in [0.29, 0.717) is 5.82 Å². The summed E-state index contributed by atoms with van der Waals surface area (Å²) in [5.41, 5.74) is 12.5. The number of hydrogen-bond acceptors (Lipinski definition) is 3. The maximum absolute atomic E-state index is 5.52. The van der Waals surface area contributed by atoms with Gasteiger partial charge >= 0.3 is 0 Å². The minimum Gasteiger partial charge on any atom is -0.247 e. The molecule has 2 aromatic heterocycles. The summed E-state index contributed by atoms with van der Waals surface area (Å²) in [5, 5.41) is 8.33. The molecule has 0 unspecified atom stereocenters. The summed E-state index contributed by atoms with van der Waals surface area (Å²) in [7, 11) is 0. The van der Waals surface area contributed by atoms with Gasteiger partial charge in [-0.1, -0.05) is 194 Å². The van der Waals surface area contributed by atoms with Crippen molar-refractivity contribution in [1.82, 2.24) is 15.0 Å². The molecule has 0 bridgehead atoms. The van der Waals surface area contributed by atoms with E-state index >= 15 is 0 Å². The van der Waals surface area contributed by atoms with Gasteiger partial charge in [0.05, 0.1) is 22.6 Å². The largest absolute Gasteiger partial charge is 0.247 e. The number of fused-ring (bicyclic) bond motifs is 5. The van der Waals surface area contributed by atoms with Crippen LogP contribution < -0.4 is 0 Å². The highest BCUT2D eigenvalue weighted by molar-refractivity contribution is 6.19. The fourth-order valence-corrected chi connectivity index (χ4v) is 8.45. The summed E-state index contributed by atoms with van der Waals surface area (Å²) in [6, 6.07) is 75.2. The predicted octanol–water partition coefficient (Wildman–Crippen LogP) is 14.5. The number of hydrogen-bond donors (Lipinski definition) is 0. The first-order chi connectivity index (χ1) is 28.7. The van der Waals surface area contributed by atoms with E-state index < -0.39 is 0 Å². The van der Waals surface area contributed by atoms with Gasteiger partial charge in [-0.25, -0.2) is 15.0 Å². The molecule has 0 spiro atoms. The fraction of sp³-hybridized carbons (Fsp3) is 0. The van der Waals surface area contributed by atoms with Gasteiger partial charge in [-0.2, -0.15) is 0 Å². The maximum Gasteiger partial charge on any atom is 0.160 e. The molecule has 3 heteroatoms. The number of rotatable bonds is 6. The van der Waals surface area contributed by atoms with Crippen molar-refractivity contribution in [2.45, 2.75) is 0 Å². The Morgan fingerprint density at radius 3 is 1.26 bits per heavy atom. The normalized spacial score (nSPS) is 11.4. The topological polar surface area (TPSA) is 38.7 Å². The molecule has 0 atom stereocenters. The molecular formula is C55H35N3. The Hall–Kier alpha value is -7.75. The second kappa shape index (κ2) is 14.1. The molecule has 11 rings (SSSR count). The van der Waals surface area contributed by atoms with Crippen LogP contribution in [0.3, 0.4) is 0 Å². The highest BCUT2D eigenvalue weighted by atomic mass is 14.9. The second-order valence-electron chi connectivity index (χ2n) is 14.7. The average Bonchev–Trinajstić information content (AvgIpc) is 3.31. The standard InChI is InChI=1S/C55H35N3/c1-3-17-38(18-4-1)52-35-53(58-55(57-52)41-19-5-2-6-20-41)40-31-29-39(30-32-40)51-34-49(45-28-14-22-37-16-8-10-24-43(37)45)50-33-48(46-25-11-12-26-47(46)54(50)56-51)44-27-13-21-36-15-7-9-23-42(36)44/h1-35H. The van der Waals surface area contributed by atoms with Gasteiger partial charge in [-0.3, -0.25) is 0 Å². The van der Waals surface area contributed by atoms with Crippen molar-refractivity contribution in [3.63, 3.8) is 0 Å². The van der Waals surface area contributed by atoms with Gasteiger partial charge in [0.2, 0.25) is 0 Å². The second-order valence-corrected chi connectivity index (χ2v) is 14.7. The SMILES string of the molecule is c1ccc(-c2cc(-c3ccc(-c4cc(-c5cccc6ccccc56)c5cc(-c6cccc7ccccc67)c6ccccc6c5n4)cc3)nc(-c3ccccc3)n2)cc1. The van der Waals surface area contributed by atoms with Crippen LogP contribution >= 0.6 is 0 Å². The molecule has 0 saturated carbocycles. The smallest absolute Gasteiger partial charge is 0.160 e. The van der Waals surface area contributed by atoms with Gasteiger partial charge in [0.15, 0.2) is 5.82 Å². The molecule has 11 aromatic rings. The van der Waals surface area contributed by atoms with E-state index in [2.05, 4.69) is 176 Å². The lowest BCUT2D eigenvalue weighted by Gasteiger charge is -2.17. The third kappa shape index (κ3) is 5.89. The zero-order valence-corrected chi connectivity index (χ0v) is 31.5. The number of aromatic nitrogens is 3. The Morgan fingerprint density at radius 1 is 0.241 bits per heavy atom. The van der Waals surface area contributed by atoms with Crippen LogP contribution in [-0.4, -0.2) is 15.0 Å². The number of pyridine rings is 1. The molecular weight excluding hydrogens is 703 g/mol. The Labute approximate surface area is 336 Å². The first-order valence-electron chi connectivity index (χ1n) is 19.7. The highest BCUT2D eigenvalue weighted by Crippen LogP contribution is 2.43. The third-order valence-electron chi connectivity index (χ3n) is 11.3. The van der Waals surface area contributed by atoms with Crippen molar-refractivity contribution < 1.29 is 0 Å². The zero-order chi connectivity index (χ0) is 38.4. The van der Waals surface area contributed by atoms with Crippen LogP contribution in [0, 0.1) is 0 Å². The van der Waals surface area contributed by atoms with Gasteiger partial charge in [0, 0.05) is 33.0 Å². The molecule has 9 aromatic carbocycles. The highest BCUT2D eigenvalue weighted by Gasteiger charge is 2.19. The third-order valence-corrected chi connectivity index (χ3v) is 11.3. The van der Waals surface area contributed by atoms with E-state index in [9.17, 15) is 0 Å². The van der Waals surface area contributed by atoms with Crippen LogP contribution in [0.2, 0.25) is 0 Å². The van der Waals surface area contributed by atoms with Crippen LogP contribution in [0.1, 0.15) is 0 Å². The summed E-state index contributed by atoms with van der Waals surface area (Å²) in [5.74, 6) is 0.701. The Balaban J connectivity index is 1.12. The van der Waals surface area contributed by atoms with Crippen LogP contribution in [-0.2, 0) is 0 Å². The molecule has 0 saturated heterocycles. The van der Waals surface area contributed by atoms with Crippen molar-refractivity contribution >= 4 is 43.2 Å². The van der Waals surface area contributed by atoms with Crippen LogP contribution in [0.25, 0.3) is 111 Å². The van der Waals surface area contributed by atoms with Gasteiger partial charge in [-0.05, 0) is 67.4 Å². The molecule has 0 fully saturated rings. The van der Waals surface area contributed by atoms with Crippen LogP contribution in [0.15, 0.2) is 212 Å². The van der Waals surface area contributed by atoms with Crippen molar-refractivity contribution in [2.75, 3.05) is 0 Å². The monoisotopic (exact) mass is 737 g/mol. The quantitative estimate of drug-likeness (QED) is 0.160. The van der Waals surface area contributed by atoms with E-state index in [1.54, 1.807) is 0 Å². The summed E-state index contributed by atoms with van der Waals surface area (Å²) in [6.07, 6.45) is 0. The maximum atomic E-state index is 5.52. The molecule has 0 aliphatic heterocycles. The van der Waals surface area contributed by atoms with Crippen molar-refractivity contribution in [2.24, 2.45) is 0 Å². The molecule has 2 heterocycles. The molecule has 0 radical (unpaired) electrons. The van der Waals surface area contributed by atoms with Gasteiger partial charge in [0.1, 0.15) is 0 Å². The summed E-state index contributed by atoms with van der Waals surface area (Å²) in [4.78, 5) is 15.6. The number of nitrogens with zero attached hydrogens (tertiary/aromatic N) is 3. The molecule has 0 aliphatic carbocycles. The fourth-order valence-electron chi connectivity index (χ4n) is 8.45. The van der Waals surface area contributed by atoms with E-state index in [1.165, 1.54) is 43.6 Å². The van der Waals surface area contributed by atoms with Crippen LogP contribution in [0.4, 0.5) is 0 Å². The molecule has 3 nitrogen and oxygen atoms in total. The first kappa shape index (κ1) is 33.6. The van der Waals surface area contributed by atoms with Crippen molar-refractivity contribution in [3.8, 4) is 67.4 Å². The summed E-state index contributed by atoms with van der Waals surface area (Å²) in [6.45, 7) is 0. The Morgan fingerprint density at radius 2 is 0.672 bits per heavy atom. The molecule has 270 valence electrons. The van der Waals surface area contributed by atoms with E-state index in [-0.39, 0.29) is 0 Å². The van der Waals surface area contributed by atoms with Crippen molar-refractivity contribution in [3.05, 3.63) is 212 Å². The Kier molecular flexibility index (Phi) is 8.15. The number of benzene rings is 9. The van der Waals surface area contributed by atoms with Crippen LogP contribution in [0.5, 0.6) is 0 Å². The first-order valence-corrected chi connectivity index (χ1v) is 19.7. The minimum atomic E-state index is 0.701. The van der Waals surface area contributed by atoms with E-state index in [4.69, 9.17) is 15.0 Å². The lowest BCUT2D eigenvalue weighted by Crippen LogP contribution is -1.96. The summed E-state index contributed by atoms with van der Waals surface area (Å²) >= 11 is 0. The van der Waals surface area contributed by atoms with Crippen molar-refractivity contribution in [1.29, 1.82) is 0 Å². The predicted molar refractivity (Wildman–Crippen MR) is 242 cm³/mol. The molecule has 0 N–H and O–H groups in total. The van der Waals surface area contributed by atoms with Gasteiger partial charge in [-0.15, -0.1) is 0 Å². The lowest BCUT2D eigenvalue weighted by molar-refractivity contribution is 1.18. The van der Waals surface area contributed by atoms with Gasteiger partial charge < -0.3 is 0 Å². The average molecular weight is 738 g/mol. The van der Waals surface area contributed by atoms with E-state index in [1.807, 2.05) is 36.4 Å². The zero-order valence-electron chi connectivity index (χ0n) is 31.5. The van der Waals surface area contributed by atoms with Gasteiger partial charge in [0.25, 0.3) is 0 Å². The Bertz CT molecular complexity index is 3250. The van der Waals surface area contributed by atoms with E-state index in [0.717, 1.165) is 61.2 Å². The lowest BCUT2D eigenvalue weighted by atomic mass is 9.88.